The number of primary amides is 1. The molecule has 2 N–H and O–H groups in total. The van der Waals surface area contributed by atoms with Gasteiger partial charge in [0, 0.05) is 0 Å². The van der Waals surface area contributed by atoms with E-state index in [1.165, 1.54) is 12.1 Å². The van der Waals surface area contributed by atoms with Crippen LogP contribution in [0.2, 0.25) is 5.02 Å². The standard InChI is InChI=1S/C12H9ClN4O4S/c13-8-4-2-1-3-7(8)11(19)15-12-16(5-9(14)18)6-10(22-12)17(20)21/h1-4,6H,5H2,(H2,14,18)/b15-12-. The maximum Gasteiger partial charge on any atom is 0.343 e. The van der Waals surface area contributed by atoms with E-state index in [-0.39, 0.29) is 26.9 Å². The summed E-state index contributed by atoms with van der Waals surface area (Å²) in [7, 11) is 0. The third kappa shape index (κ3) is 3.57. The van der Waals surface area contributed by atoms with E-state index in [1.54, 1.807) is 12.1 Å². The second-order valence-electron chi connectivity index (χ2n) is 4.10. The van der Waals surface area contributed by atoms with Crippen LogP contribution in [0.5, 0.6) is 0 Å². The van der Waals surface area contributed by atoms with E-state index < -0.39 is 16.7 Å². The Kier molecular flexibility index (Phi) is 4.68. The normalized spacial score (nSPS) is 11.4. The van der Waals surface area contributed by atoms with Gasteiger partial charge < -0.3 is 10.3 Å². The van der Waals surface area contributed by atoms with Gasteiger partial charge in [0.2, 0.25) is 5.91 Å². The molecule has 0 aliphatic heterocycles. The summed E-state index contributed by atoms with van der Waals surface area (Å²) in [6.45, 7) is -0.320. The summed E-state index contributed by atoms with van der Waals surface area (Å²) in [5.74, 6) is -1.38. The van der Waals surface area contributed by atoms with Crippen LogP contribution in [0, 0.1) is 10.1 Å². The van der Waals surface area contributed by atoms with Gasteiger partial charge in [-0.05, 0) is 23.5 Å². The Bertz CT molecular complexity index is 827. The van der Waals surface area contributed by atoms with Crippen molar-refractivity contribution in [1.82, 2.24) is 4.57 Å². The average molecular weight is 341 g/mol. The molecule has 0 aliphatic carbocycles. The number of carbonyl (C=O) groups is 2. The van der Waals surface area contributed by atoms with E-state index in [2.05, 4.69) is 4.99 Å². The fraction of sp³-hybridized carbons (Fsp3) is 0.0833. The first kappa shape index (κ1) is 15.9. The first-order valence-electron chi connectivity index (χ1n) is 5.85. The second kappa shape index (κ2) is 6.50. The molecule has 1 aromatic carbocycles. The number of halogens is 1. The molecule has 2 rings (SSSR count). The van der Waals surface area contributed by atoms with E-state index >= 15 is 0 Å². The van der Waals surface area contributed by atoms with Crippen molar-refractivity contribution in [3.05, 3.63) is 56.0 Å². The van der Waals surface area contributed by atoms with E-state index in [1.807, 2.05) is 0 Å². The van der Waals surface area contributed by atoms with Crippen LogP contribution in [0.3, 0.4) is 0 Å². The fourth-order valence-corrected chi connectivity index (χ4v) is 2.62. The van der Waals surface area contributed by atoms with Crippen molar-refractivity contribution < 1.29 is 14.5 Å². The van der Waals surface area contributed by atoms with E-state index in [4.69, 9.17) is 17.3 Å². The zero-order valence-corrected chi connectivity index (χ0v) is 12.5. The van der Waals surface area contributed by atoms with Gasteiger partial charge >= 0.3 is 5.00 Å². The summed E-state index contributed by atoms with van der Waals surface area (Å²) in [4.78, 5) is 37.1. The van der Waals surface area contributed by atoms with Gasteiger partial charge in [0.15, 0.2) is 4.80 Å². The van der Waals surface area contributed by atoms with Crippen molar-refractivity contribution in [3.8, 4) is 0 Å². The third-order valence-corrected chi connectivity index (χ3v) is 3.82. The lowest BCUT2D eigenvalue weighted by atomic mass is 10.2. The zero-order valence-electron chi connectivity index (χ0n) is 10.9. The zero-order chi connectivity index (χ0) is 16.3. The van der Waals surface area contributed by atoms with Crippen molar-refractivity contribution in [2.75, 3.05) is 0 Å². The number of benzene rings is 1. The highest BCUT2D eigenvalue weighted by Crippen LogP contribution is 2.17. The summed E-state index contributed by atoms with van der Waals surface area (Å²) >= 11 is 6.56. The number of thiazole rings is 1. The smallest absolute Gasteiger partial charge is 0.343 e. The van der Waals surface area contributed by atoms with Crippen LogP contribution in [-0.2, 0) is 11.3 Å². The van der Waals surface area contributed by atoms with Crippen LogP contribution in [0.15, 0.2) is 35.5 Å². The van der Waals surface area contributed by atoms with Crippen molar-refractivity contribution in [3.63, 3.8) is 0 Å². The lowest BCUT2D eigenvalue weighted by Crippen LogP contribution is -2.25. The van der Waals surface area contributed by atoms with Crippen molar-refractivity contribution in [2.45, 2.75) is 6.54 Å². The predicted octanol–water partition coefficient (Wildman–Crippen LogP) is 1.34. The molecule has 0 radical (unpaired) electrons. The highest BCUT2D eigenvalue weighted by atomic mass is 35.5. The Hall–Kier alpha value is -2.52. The monoisotopic (exact) mass is 340 g/mol. The minimum atomic E-state index is -0.709. The Morgan fingerprint density at radius 1 is 1.41 bits per heavy atom. The molecule has 2 amide bonds. The highest BCUT2D eigenvalue weighted by molar-refractivity contribution is 7.12. The van der Waals surface area contributed by atoms with Gasteiger partial charge in [0.25, 0.3) is 5.91 Å². The molecule has 1 aromatic heterocycles. The largest absolute Gasteiger partial charge is 0.368 e. The molecule has 22 heavy (non-hydrogen) atoms. The van der Waals surface area contributed by atoms with Gasteiger partial charge in [-0.15, -0.1) is 0 Å². The lowest BCUT2D eigenvalue weighted by molar-refractivity contribution is -0.380. The number of nitrogens with two attached hydrogens (primary N) is 1. The maximum absolute atomic E-state index is 12.1. The molecule has 0 atom stereocenters. The van der Waals surface area contributed by atoms with Crippen LogP contribution in [0.4, 0.5) is 5.00 Å². The minimum absolute atomic E-state index is 0.00424. The Labute approximate surface area is 132 Å². The Balaban J connectivity index is 2.50. The molecule has 2 aromatic rings. The van der Waals surface area contributed by atoms with E-state index in [0.29, 0.717) is 11.3 Å². The van der Waals surface area contributed by atoms with Gasteiger partial charge in [-0.3, -0.25) is 19.7 Å². The van der Waals surface area contributed by atoms with Gasteiger partial charge in [-0.2, -0.15) is 4.99 Å². The summed E-state index contributed by atoms with van der Waals surface area (Å²) in [5.41, 5.74) is 5.23. The van der Waals surface area contributed by atoms with Crippen LogP contribution in [-0.4, -0.2) is 21.3 Å². The molecule has 0 unspecified atom stereocenters. The first-order valence-corrected chi connectivity index (χ1v) is 7.04. The topological polar surface area (TPSA) is 121 Å². The Morgan fingerprint density at radius 3 is 2.68 bits per heavy atom. The summed E-state index contributed by atoms with van der Waals surface area (Å²) in [6.07, 6.45) is 1.11. The predicted molar refractivity (Wildman–Crippen MR) is 79.5 cm³/mol. The van der Waals surface area contributed by atoms with E-state index in [0.717, 1.165) is 10.8 Å². The molecule has 0 bridgehead atoms. The van der Waals surface area contributed by atoms with Crippen molar-refractivity contribution in [1.29, 1.82) is 0 Å². The number of carbonyl (C=O) groups excluding carboxylic acids is 2. The highest BCUT2D eigenvalue weighted by Gasteiger charge is 2.15. The number of amides is 2. The van der Waals surface area contributed by atoms with Gasteiger partial charge in [0.1, 0.15) is 6.54 Å². The maximum atomic E-state index is 12.1. The van der Waals surface area contributed by atoms with Gasteiger partial charge in [-0.1, -0.05) is 23.7 Å². The van der Waals surface area contributed by atoms with Gasteiger partial charge in [0.05, 0.1) is 21.7 Å². The summed E-state index contributed by atoms with van der Waals surface area (Å²) in [5, 5.41) is 10.8. The van der Waals surface area contributed by atoms with Crippen LogP contribution in [0.25, 0.3) is 0 Å². The molecular formula is C12H9ClN4O4S. The number of aromatic nitrogens is 1. The number of hydrogen-bond donors (Lipinski definition) is 1. The Morgan fingerprint density at radius 2 is 2.09 bits per heavy atom. The fourth-order valence-electron chi connectivity index (χ4n) is 1.60. The number of rotatable bonds is 4. The molecule has 0 saturated heterocycles. The molecular weight excluding hydrogens is 332 g/mol. The molecule has 0 spiro atoms. The SMILES string of the molecule is NC(=O)Cn1cc([N+](=O)[O-])s/c1=N\C(=O)c1ccccc1Cl. The molecule has 1 heterocycles. The van der Waals surface area contributed by atoms with Crippen molar-refractivity contribution >= 4 is 39.8 Å². The van der Waals surface area contributed by atoms with Gasteiger partial charge in [-0.25, -0.2) is 0 Å². The molecule has 10 heteroatoms. The minimum Gasteiger partial charge on any atom is -0.368 e. The molecule has 8 nitrogen and oxygen atoms in total. The third-order valence-electron chi connectivity index (χ3n) is 2.52. The quantitative estimate of drug-likeness (QED) is 0.666. The first-order chi connectivity index (χ1) is 10.4. The average Bonchev–Trinajstić information content (AvgIpc) is 2.81. The van der Waals surface area contributed by atoms with Crippen LogP contribution in [0.1, 0.15) is 10.4 Å². The number of nitro groups is 1. The van der Waals surface area contributed by atoms with E-state index in [9.17, 15) is 19.7 Å². The molecule has 0 saturated carbocycles. The molecule has 0 aliphatic rings. The van der Waals surface area contributed by atoms with Crippen LogP contribution >= 0.6 is 22.9 Å². The molecule has 114 valence electrons. The summed E-state index contributed by atoms with van der Waals surface area (Å²) in [6, 6.07) is 6.28. The number of nitrogens with zero attached hydrogens (tertiary/aromatic N) is 3. The van der Waals surface area contributed by atoms with Crippen LogP contribution < -0.4 is 10.5 Å². The summed E-state index contributed by atoms with van der Waals surface area (Å²) < 4.78 is 1.15. The lowest BCUT2D eigenvalue weighted by Gasteiger charge is -1.99. The second-order valence-corrected chi connectivity index (χ2v) is 5.49. The number of hydrogen-bond acceptors (Lipinski definition) is 5. The molecule has 0 fully saturated rings. The van der Waals surface area contributed by atoms with Crippen molar-refractivity contribution in [2.24, 2.45) is 10.7 Å².